The number of thiazole rings is 1. The van der Waals surface area contributed by atoms with Crippen molar-refractivity contribution in [2.45, 2.75) is 0 Å². The van der Waals surface area contributed by atoms with Crippen molar-refractivity contribution >= 4 is 34.4 Å². The number of benzene rings is 1. The quantitative estimate of drug-likeness (QED) is 0.860. The van der Waals surface area contributed by atoms with Gasteiger partial charge in [-0.15, -0.1) is 11.3 Å². The molecular weight excluding hydrogens is 313 g/mol. The summed E-state index contributed by atoms with van der Waals surface area (Å²) in [7, 11) is 0. The van der Waals surface area contributed by atoms with Crippen molar-refractivity contribution < 1.29 is 13.9 Å². The number of halogens is 1. The number of nitrogens with one attached hydrogen (secondary N) is 1. The Balaban J connectivity index is 1.67. The molecule has 0 unspecified atom stereocenters. The van der Waals surface area contributed by atoms with Crippen LogP contribution in [0.5, 0.6) is 0 Å². The third kappa shape index (κ3) is 3.52. The van der Waals surface area contributed by atoms with Gasteiger partial charge in [0.25, 0.3) is 0 Å². The van der Waals surface area contributed by atoms with Crippen molar-refractivity contribution in [3.8, 4) is 11.3 Å². The Morgan fingerprint density at radius 2 is 2.19 bits per heavy atom. The fraction of sp³-hybridized carbons (Fsp3) is 0.231. The second-order valence-corrected chi connectivity index (χ2v) is 6.03. The second-order valence-electron chi connectivity index (χ2n) is 4.23. The molecule has 5 nitrogen and oxygen atoms in total. The van der Waals surface area contributed by atoms with E-state index >= 15 is 0 Å². The third-order valence-electron chi connectivity index (χ3n) is 2.82. The smallest absolute Gasteiger partial charge is 0.333 e. The van der Waals surface area contributed by atoms with Crippen molar-refractivity contribution in [2.75, 3.05) is 24.4 Å². The topological polar surface area (TPSA) is 54.5 Å². The van der Waals surface area contributed by atoms with Crippen LogP contribution in [-0.4, -0.2) is 34.4 Å². The van der Waals surface area contributed by atoms with Crippen LogP contribution in [0, 0.1) is 5.82 Å². The molecule has 0 spiro atoms. The van der Waals surface area contributed by atoms with E-state index in [-0.39, 0.29) is 11.8 Å². The van der Waals surface area contributed by atoms with Crippen molar-refractivity contribution in [1.82, 2.24) is 9.29 Å². The molecule has 1 aromatic heterocycles. The molecule has 2 heterocycles. The van der Waals surface area contributed by atoms with Crippen LogP contribution >= 0.6 is 23.3 Å². The van der Waals surface area contributed by atoms with Crippen LogP contribution in [0.2, 0.25) is 0 Å². The molecule has 2 aromatic rings. The average molecular weight is 325 g/mol. The molecule has 1 aliphatic rings. The van der Waals surface area contributed by atoms with Crippen molar-refractivity contribution in [1.29, 1.82) is 0 Å². The molecule has 0 saturated carbocycles. The summed E-state index contributed by atoms with van der Waals surface area (Å²) in [5.74, 6) is 0.193. The number of urea groups is 1. The zero-order valence-electron chi connectivity index (χ0n) is 10.9. The normalized spacial score (nSPS) is 15.0. The predicted octanol–water partition coefficient (Wildman–Crippen LogP) is 3.42. The average Bonchev–Trinajstić information content (AvgIpc) is 2.97. The van der Waals surface area contributed by atoms with Crippen LogP contribution in [0.25, 0.3) is 11.3 Å². The first-order valence-corrected chi connectivity index (χ1v) is 8.05. The highest BCUT2D eigenvalue weighted by Gasteiger charge is 2.19. The molecule has 1 saturated heterocycles. The number of amides is 2. The van der Waals surface area contributed by atoms with E-state index in [0.29, 0.717) is 29.9 Å². The lowest BCUT2D eigenvalue weighted by Gasteiger charge is -2.24. The van der Waals surface area contributed by atoms with E-state index in [1.165, 1.54) is 35.4 Å². The Bertz CT molecular complexity index is 627. The number of aromatic nitrogens is 1. The Kier molecular flexibility index (Phi) is 4.37. The van der Waals surface area contributed by atoms with Crippen LogP contribution in [0.1, 0.15) is 0 Å². The molecule has 0 aliphatic carbocycles. The number of nitrogens with zero attached hydrogens (tertiary/aromatic N) is 2. The summed E-state index contributed by atoms with van der Waals surface area (Å²) in [5, 5.41) is 5.11. The molecule has 1 aliphatic heterocycles. The molecule has 8 heteroatoms. The van der Waals surface area contributed by atoms with Gasteiger partial charge in [-0.25, -0.2) is 14.2 Å². The molecule has 0 bridgehead atoms. The molecule has 1 fully saturated rings. The van der Waals surface area contributed by atoms with Crippen LogP contribution in [0.3, 0.4) is 0 Å². The zero-order chi connectivity index (χ0) is 14.7. The minimum Gasteiger partial charge on any atom is -0.367 e. The lowest BCUT2D eigenvalue weighted by Crippen LogP contribution is -2.35. The Morgan fingerprint density at radius 1 is 1.38 bits per heavy atom. The van der Waals surface area contributed by atoms with E-state index in [9.17, 15) is 9.18 Å². The number of hydrogen-bond acceptors (Lipinski definition) is 5. The SMILES string of the molecule is O=C(Nc1nc(-c2ccc(F)cc2)cs1)N1CCOCS1. The van der Waals surface area contributed by atoms with E-state index in [4.69, 9.17) is 4.74 Å². The standard InChI is InChI=1S/C13H12FN3O2S2/c14-10-3-1-9(2-4-10)11-7-20-12(15-11)16-13(18)17-5-6-19-8-21-17/h1-4,7H,5-6,8H2,(H,15,16,18). The van der Waals surface area contributed by atoms with Gasteiger partial charge in [-0.2, -0.15) is 0 Å². The Labute approximate surface area is 129 Å². The number of hydrogen-bond donors (Lipinski definition) is 1. The van der Waals surface area contributed by atoms with Gasteiger partial charge in [0.15, 0.2) is 5.13 Å². The lowest BCUT2D eigenvalue weighted by molar-refractivity contribution is 0.152. The molecule has 0 atom stereocenters. The summed E-state index contributed by atoms with van der Waals surface area (Å²) in [4.78, 5) is 16.4. The van der Waals surface area contributed by atoms with Gasteiger partial charge >= 0.3 is 6.03 Å². The molecule has 110 valence electrons. The first-order valence-electron chi connectivity index (χ1n) is 6.23. The van der Waals surface area contributed by atoms with Gasteiger partial charge in [-0.05, 0) is 36.2 Å². The number of carbonyl (C=O) groups excluding carboxylic acids is 1. The maximum absolute atomic E-state index is 12.9. The summed E-state index contributed by atoms with van der Waals surface area (Å²) in [6, 6.07) is 5.89. The van der Waals surface area contributed by atoms with E-state index < -0.39 is 0 Å². The Morgan fingerprint density at radius 3 is 2.90 bits per heavy atom. The summed E-state index contributed by atoms with van der Waals surface area (Å²) in [5.41, 5.74) is 1.53. The van der Waals surface area contributed by atoms with Crippen LogP contribution < -0.4 is 5.32 Å². The molecule has 1 N–H and O–H groups in total. The monoisotopic (exact) mass is 325 g/mol. The fourth-order valence-electron chi connectivity index (χ4n) is 1.77. The zero-order valence-corrected chi connectivity index (χ0v) is 12.5. The summed E-state index contributed by atoms with van der Waals surface area (Å²) in [6.45, 7) is 1.09. The van der Waals surface area contributed by atoms with Crippen LogP contribution in [-0.2, 0) is 4.74 Å². The van der Waals surface area contributed by atoms with Gasteiger partial charge in [0.1, 0.15) is 11.8 Å². The van der Waals surface area contributed by atoms with Gasteiger partial charge in [0.05, 0.1) is 18.8 Å². The van der Waals surface area contributed by atoms with Crippen molar-refractivity contribution in [3.05, 3.63) is 35.5 Å². The third-order valence-corrected chi connectivity index (χ3v) is 4.51. The van der Waals surface area contributed by atoms with Crippen LogP contribution in [0.4, 0.5) is 14.3 Å². The van der Waals surface area contributed by atoms with Crippen LogP contribution in [0.15, 0.2) is 29.6 Å². The van der Waals surface area contributed by atoms with E-state index in [0.717, 1.165) is 5.56 Å². The number of anilines is 1. The molecule has 1 aromatic carbocycles. The predicted molar refractivity (Wildman–Crippen MR) is 81.6 cm³/mol. The highest BCUT2D eigenvalue weighted by molar-refractivity contribution is 7.97. The van der Waals surface area contributed by atoms with Gasteiger partial charge in [0.2, 0.25) is 0 Å². The first kappa shape index (κ1) is 14.3. The van der Waals surface area contributed by atoms with Gasteiger partial charge in [0, 0.05) is 10.9 Å². The molecule has 2 amide bonds. The summed E-state index contributed by atoms with van der Waals surface area (Å²) < 4.78 is 19.7. The Hall–Kier alpha value is -1.64. The first-order chi connectivity index (χ1) is 10.2. The maximum atomic E-state index is 12.9. The summed E-state index contributed by atoms with van der Waals surface area (Å²) in [6.07, 6.45) is 0. The van der Waals surface area contributed by atoms with Gasteiger partial charge in [-0.3, -0.25) is 9.62 Å². The number of rotatable bonds is 2. The molecule has 3 rings (SSSR count). The molecule has 0 radical (unpaired) electrons. The van der Waals surface area contributed by atoms with Crippen molar-refractivity contribution in [2.24, 2.45) is 0 Å². The van der Waals surface area contributed by atoms with Crippen molar-refractivity contribution in [3.63, 3.8) is 0 Å². The van der Waals surface area contributed by atoms with Gasteiger partial charge < -0.3 is 4.74 Å². The van der Waals surface area contributed by atoms with E-state index in [2.05, 4.69) is 10.3 Å². The lowest BCUT2D eigenvalue weighted by atomic mass is 10.2. The largest absolute Gasteiger partial charge is 0.367 e. The summed E-state index contributed by atoms with van der Waals surface area (Å²) >= 11 is 2.67. The van der Waals surface area contributed by atoms with Gasteiger partial charge in [-0.1, -0.05) is 0 Å². The molecule has 21 heavy (non-hydrogen) atoms. The highest BCUT2D eigenvalue weighted by Crippen LogP contribution is 2.26. The maximum Gasteiger partial charge on any atom is 0.333 e. The molecular formula is C13H12FN3O2S2. The van der Waals surface area contributed by atoms with E-state index in [1.54, 1.807) is 16.4 Å². The van der Waals surface area contributed by atoms with E-state index in [1.807, 2.05) is 5.38 Å². The second kappa shape index (κ2) is 6.42. The fourth-order valence-corrected chi connectivity index (χ4v) is 3.17. The highest BCUT2D eigenvalue weighted by atomic mass is 32.2. The number of ether oxygens (including phenoxy) is 1. The minimum atomic E-state index is -0.285. The number of carbonyl (C=O) groups is 1. The minimum absolute atomic E-state index is 0.205.